The number of hydrogen-bond donors (Lipinski definition) is 1. The molecule has 0 spiro atoms. The van der Waals surface area contributed by atoms with Gasteiger partial charge in [-0.25, -0.2) is 0 Å². The van der Waals surface area contributed by atoms with E-state index in [1.807, 2.05) is 6.07 Å². The predicted molar refractivity (Wildman–Crippen MR) is 212 cm³/mol. The Bertz CT molecular complexity index is 1870. The number of fused-ring (bicyclic) bond motifs is 6. The topological polar surface area (TPSA) is 59.4 Å². The normalized spacial score (nSPS) is 17.4. The van der Waals surface area contributed by atoms with E-state index in [0.717, 1.165) is 28.9 Å². The molecule has 4 nitrogen and oxygen atoms in total. The van der Waals surface area contributed by atoms with E-state index in [-0.39, 0.29) is 55.0 Å². The molecule has 2 aliphatic rings. The van der Waals surface area contributed by atoms with Crippen LogP contribution < -0.4 is 4.74 Å². The van der Waals surface area contributed by atoms with Gasteiger partial charge in [-0.05, 0) is 76.3 Å². The number of benzene rings is 3. The summed E-state index contributed by atoms with van der Waals surface area (Å²) in [6.45, 7) is 25.8. The Morgan fingerprint density at radius 2 is 1.48 bits per heavy atom. The average molecular weight is 879 g/mol. The van der Waals surface area contributed by atoms with E-state index in [2.05, 4.69) is 150 Å². The summed E-state index contributed by atoms with van der Waals surface area (Å²) in [5, 5.41) is 11.5. The smallest absolute Gasteiger partial charge is 0.162 e. The summed E-state index contributed by atoms with van der Waals surface area (Å²) < 4.78 is 6.46. The summed E-state index contributed by atoms with van der Waals surface area (Å²) in [5.74, 6) is 3.61. The molecule has 0 fully saturated rings. The number of para-hydroxylation sites is 1. The Kier molecular flexibility index (Phi) is 13.4. The van der Waals surface area contributed by atoms with Gasteiger partial charge in [0.25, 0.3) is 0 Å². The van der Waals surface area contributed by atoms with Crippen molar-refractivity contribution in [1.82, 2.24) is 4.98 Å². The summed E-state index contributed by atoms with van der Waals surface area (Å²) in [5.41, 5.74) is 8.36. The maximum Gasteiger partial charge on any atom is 0.162 e. The second kappa shape index (κ2) is 16.8. The largest absolute Gasteiger partial charge is 0.512 e. The van der Waals surface area contributed by atoms with E-state index in [4.69, 9.17) is 9.72 Å². The Hall–Kier alpha value is -3.27. The molecule has 0 bridgehead atoms. The van der Waals surface area contributed by atoms with Crippen LogP contribution >= 0.6 is 0 Å². The summed E-state index contributed by atoms with van der Waals surface area (Å²) in [4.78, 5) is 17.4. The number of nitrogens with zero attached hydrogens (tertiary/aromatic N) is 1. The average Bonchev–Trinajstić information content (AvgIpc) is 3.53. The number of aliphatic hydroxyl groups is 1. The zero-order valence-electron chi connectivity index (χ0n) is 33.4. The summed E-state index contributed by atoms with van der Waals surface area (Å²) in [6.07, 6.45) is 2.63. The van der Waals surface area contributed by atoms with Crippen molar-refractivity contribution < 1.29 is 34.7 Å². The van der Waals surface area contributed by atoms with Gasteiger partial charge in [-0.1, -0.05) is 125 Å². The van der Waals surface area contributed by atoms with Gasteiger partial charge in [0.2, 0.25) is 0 Å². The first-order valence-electron chi connectivity index (χ1n) is 19.2. The number of aromatic nitrogens is 1. The molecule has 6 rings (SSSR count). The number of hydrogen-bond acceptors (Lipinski definition) is 4. The molecule has 4 aromatic rings. The minimum absolute atomic E-state index is 0. The molecule has 1 aliphatic heterocycles. The van der Waals surface area contributed by atoms with Crippen molar-refractivity contribution in [3.05, 3.63) is 107 Å². The standard InChI is InChI=1S/C30H28NO.C17H32O2.Ir/c1-18(2)16-19-12-14-24-20(17-19)13-15-25(31-24)21-9-7-10-23-27(21)30(3,4)28-22-8-5-6-11-26(22)32-29(23)28;1-10(2)16(11(3)4)14(18)9-15(19)17(12(5)6)13(7)8;/h5-8,10-15,17-18,28-29H,16H2,1-4H3;9-13,16-18H,1-8H3;/q-1;;/b;14-9-;. The maximum absolute atomic E-state index is 12.3. The molecule has 0 saturated carbocycles. The Balaban J connectivity index is 0.000000263. The molecular formula is C47H60IrNO3-. The third-order valence-corrected chi connectivity index (χ3v) is 11.1. The van der Waals surface area contributed by atoms with Gasteiger partial charge in [0, 0.05) is 49.5 Å². The number of carbonyl (C=O) groups excluding carboxylic acids is 1. The van der Waals surface area contributed by atoms with Crippen LogP contribution in [-0.4, -0.2) is 15.9 Å². The fourth-order valence-corrected chi connectivity index (χ4v) is 9.16. The fourth-order valence-electron chi connectivity index (χ4n) is 9.16. The van der Waals surface area contributed by atoms with E-state index in [1.165, 1.54) is 33.7 Å². The van der Waals surface area contributed by atoms with Crippen LogP contribution in [0.5, 0.6) is 5.75 Å². The van der Waals surface area contributed by atoms with Crippen LogP contribution in [0.2, 0.25) is 0 Å². The van der Waals surface area contributed by atoms with E-state index in [0.29, 0.717) is 35.5 Å². The Morgan fingerprint density at radius 1 is 0.846 bits per heavy atom. The van der Waals surface area contributed by atoms with Crippen LogP contribution in [0.4, 0.5) is 0 Å². The zero-order chi connectivity index (χ0) is 37.4. The van der Waals surface area contributed by atoms with Gasteiger partial charge >= 0.3 is 0 Å². The number of rotatable bonds is 10. The molecule has 1 aromatic heterocycles. The van der Waals surface area contributed by atoms with E-state index >= 15 is 0 Å². The third kappa shape index (κ3) is 8.42. The van der Waals surface area contributed by atoms with Crippen LogP contribution in [-0.2, 0) is 36.7 Å². The number of allylic oxidation sites excluding steroid dienone is 2. The van der Waals surface area contributed by atoms with Gasteiger partial charge in [-0.3, -0.25) is 9.78 Å². The molecule has 5 heteroatoms. The van der Waals surface area contributed by atoms with Crippen LogP contribution in [0.1, 0.15) is 117 Å². The molecule has 281 valence electrons. The maximum atomic E-state index is 12.3. The first-order chi connectivity index (χ1) is 24.0. The van der Waals surface area contributed by atoms with Crippen molar-refractivity contribution >= 4 is 16.7 Å². The molecule has 1 radical (unpaired) electrons. The second-order valence-corrected chi connectivity index (χ2v) is 17.3. The molecule has 3 aromatic carbocycles. The van der Waals surface area contributed by atoms with Crippen molar-refractivity contribution in [2.45, 2.75) is 107 Å². The summed E-state index contributed by atoms with van der Waals surface area (Å²) >= 11 is 0. The quantitative estimate of drug-likeness (QED) is 0.0979. The number of aliphatic hydroxyl groups excluding tert-OH is 1. The third-order valence-electron chi connectivity index (χ3n) is 11.1. The molecule has 2 unspecified atom stereocenters. The first kappa shape index (κ1) is 41.5. The van der Waals surface area contributed by atoms with Gasteiger partial charge in [-0.2, -0.15) is 0 Å². The van der Waals surface area contributed by atoms with Crippen LogP contribution in [0.15, 0.2) is 78.6 Å². The molecule has 1 aliphatic carbocycles. The van der Waals surface area contributed by atoms with Crippen molar-refractivity contribution in [3.8, 4) is 17.0 Å². The molecule has 0 amide bonds. The van der Waals surface area contributed by atoms with Crippen molar-refractivity contribution in [2.24, 2.45) is 41.4 Å². The van der Waals surface area contributed by atoms with E-state index in [9.17, 15) is 9.90 Å². The van der Waals surface area contributed by atoms with Crippen molar-refractivity contribution in [3.63, 3.8) is 0 Å². The summed E-state index contributed by atoms with van der Waals surface area (Å²) in [6, 6.07) is 27.3. The number of ether oxygens (including phenoxy) is 1. The predicted octanol–water partition coefficient (Wildman–Crippen LogP) is 12.3. The molecule has 0 saturated heterocycles. The van der Waals surface area contributed by atoms with E-state index in [1.54, 1.807) is 0 Å². The van der Waals surface area contributed by atoms with Gasteiger partial charge in [0.1, 0.15) is 11.9 Å². The summed E-state index contributed by atoms with van der Waals surface area (Å²) in [7, 11) is 0. The number of pyridine rings is 1. The first-order valence-corrected chi connectivity index (χ1v) is 19.2. The second-order valence-electron chi connectivity index (χ2n) is 17.3. The molecule has 2 atom stereocenters. The van der Waals surface area contributed by atoms with Crippen LogP contribution in [0, 0.1) is 47.5 Å². The zero-order valence-corrected chi connectivity index (χ0v) is 35.8. The number of ketones is 1. The van der Waals surface area contributed by atoms with Gasteiger partial charge in [0.05, 0.1) is 11.3 Å². The van der Waals surface area contributed by atoms with Crippen molar-refractivity contribution in [1.29, 1.82) is 0 Å². The monoisotopic (exact) mass is 879 g/mol. The molecule has 1 N–H and O–H groups in total. The minimum atomic E-state index is -0.0720. The SMILES string of the molecule is CC(C)C(C(=O)/C=C(\O)C(C(C)C)C(C)C)C(C)C.CC(C)Cc1ccc2nc(-c3[c-]ccc4c3C(C)(C)C3c5ccccc5OC43)ccc2c1.[Ir]. The Labute approximate surface area is 327 Å². The molecule has 52 heavy (non-hydrogen) atoms. The Morgan fingerprint density at radius 3 is 2.10 bits per heavy atom. The van der Waals surface area contributed by atoms with Gasteiger partial charge in [0.15, 0.2) is 5.78 Å². The van der Waals surface area contributed by atoms with Crippen molar-refractivity contribution in [2.75, 3.05) is 0 Å². The van der Waals surface area contributed by atoms with Crippen LogP contribution in [0.3, 0.4) is 0 Å². The van der Waals surface area contributed by atoms with Gasteiger partial charge in [-0.15, -0.1) is 29.3 Å². The number of carbonyl (C=O) groups is 1. The molecular weight excluding hydrogens is 819 g/mol. The molecule has 2 heterocycles. The fraction of sp³-hybridized carbons (Fsp3) is 0.489. The minimum Gasteiger partial charge on any atom is -0.512 e. The van der Waals surface area contributed by atoms with Crippen LogP contribution in [0.25, 0.3) is 22.2 Å². The van der Waals surface area contributed by atoms with E-state index < -0.39 is 0 Å². The van der Waals surface area contributed by atoms with Gasteiger partial charge < -0.3 is 9.84 Å².